The van der Waals surface area contributed by atoms with Gasteiger partial charge < -0.3 is 19.9 Å². The Morgan fingerprint density at radius 2 is 2.16 bits per heavy atom. The predicted octanol–water partition coefficient (Wildman–Crippen LogP) is 1.61. The summed E-state index contributed by atoms with van der Waals surface area (Å²) in [5, 5.41) is 12.6. The van der Waals surface area contributed by atoms with E-state index in [2.05, 4.69) is 5.32 Å². The van der Waals surface area contributed by atoms with Gasteiger partial charge in [-0.1, -0.05) is 25.9 Å². The molecule has 2 N–H and O–H groups in total. The molecule has 0 heterocycles. The summed E-state index contributed by atoms with van der Waals surface area (Å²) in [6.07, 6.45) is -0.779. The molecule has 0 aliphatic rings. The van der Waals surface area contributed by atoms with Crippen LogP contribution in [0.5, 0.6) is 5.75 Å². The van der Waals surface area contributed by atoms with Crippen LogP contribution in [-0.2, 0) is 11.2 Å². The molecule has 4 nitrogen and oxygen atoms in total. The van der Waals surface area contributed by atoms with E-state index >= 15 is 0 Å². The Morgan fingerprint density at radius 3 is 2.79 bits per heavy atom. The van der Waals surface area contributed by atoms with Crippen molar-refractivity contribution < 1.29 is 21.4 Å². The fraction of sp³-hybridized carbons (Fsp3) is 0.600. The lowest BCUT2D eigenvalue weighted by Crippen LogP contribution is -2.35. The highest BCUT2D eigenvalue weighted by Gasteiger charge is 2.05. The summed E-state index contributed by atoms with van der Waals surface area (Å²) in [4.78, 5) is 0. The van der Waals surface area contributed by atoms with Crippen LogP contribution in [0.25, 0.3) is 0 Å². The van der Waals surface area contributed by atoms with Crippen LogP contribution >= 0.6 is 0 Å². The van der Waals surface area contributed by atoms with Crippen molar-refractivity contribution in [3.05, 3.63) is 29.8 Å². The monoisotopic (exact) mass is 272 g/mol. The van der Waals surface area contributed by atoms with Crippen LogP contribution in [0.4, 0.5) is 0 Å². The van der Waals surface area contributed by atoms with Crippen molar-refractivity contribution in [1.29, 1.82) is 0 Å². The summed E-state index contributed by atoms with van der Waals surface area (Å²) in [5.74, 6) is 0.282. The molecule has 0 aliphatic carbocycles. The van der Waals surface area contributed by atoms with E-state index in [0.29, 0.717) is 6.61 Å². The maximum atomic E-state index is 9.96. The van der Waals surface area contributed by atoms with Gasteiger partial charge in [-0.05, 0) is 24.1 Å². The molecule has 0 fully saturated rings. The highest BCUT2D eigenvalue weighted by atomic mass is 16.5. The van der Waals surface area contributed by atoms with Gasteiger partial charge in [0.25, 0.3) is 0 Å². The first-order valence-corrected chi connectivity index (χ1v) is 6.24. The second kappa shape index (κ2) is 8.91. The highest BCUT2D eigenvalue weighted by molar-refractivity contribution is 5.27. The number of aliphatic hydroxyl groups excluding tert-OH is 1. The number of hydrogen-bond acceptors (Lipinski definition) is 4. The van der Waals surface area contributed by atoms with E-state index in [-0.39, 0.29) is 12.3 Å². The zero-order valence-corrected chi connectivity index (χ0v) is 11.3. The summed E-state index contributed by atoms with van der Waals surface area (Å²) in [6.45, 7) is -2.76. The number of hydrogen-bond donors (Lipinski definition) is 2. The Balaban J connectivity index is 2.57. The zero-order chi connectivity index (χ0) is 18.4. The molecule has 1 aromatic rings. The standard InChI is InChI=1S/C15H25NO3/c1-12(2)16-10-14(17)11-19-15-6-4-13(5-7-15)8-9-18-3/h4-7,12,14,16-17H,8-11H2,1-3H3/i1D3,11D2. The third-order valence-corrected chi connectivity index (χ3v) is 2.45. The van der Waals surface area contributed by atoms with Crippen molar-refractivity contribution in [1.82, 2.24) is 5.32 Å². The van der Waals surface area contributed by atoms with Gasteiger partial charge in [0.2, 0.25) is 0 Å². The van der Waals surface area contributed by atoms with Gasteiger partial charge in [-0.2, -0.15) is 0 Å². The van der Waals surface area contributed by atoms with E-state index in [9.17, 15) is 5.11 Å². The van der Waals surface area contributed by atoms with Gasteiger partial charge in [-0.25, -0.2) is 0 Å². The average molecular weight is 272 g/mol. The van der Waals surface area contributed by atoms with Gasteiger partial charge in [0, 0.05) is 23.8 Å². The molecule has 0 aromatic heterocycles. The summed E-state index contributed by atoms with van der Waals surface area (Å²) in [5.41, 5.74) is 1.03. The normalized spacial score (nSPS) is 19.4. The van der Waals surface area contributed by atoms with Gasteiger partial charge in [0.05, 0.1) is 9.35 Å². The number of aliphatic hydroxyl groups is 1. The predicted molar refractivity (Wildman–Crippen MR) is 76.7 cm³/mol. The second-order valence-corrected chi connectivity index (χ2v) is 4.25. The maximum Gasteiger partial charge on any atom is 0.119 e. The molecule has 0 bridgehead atoms. The summed E-state index contributed by atoms with van der Waals surface area (Å²) >= 11 is 0. The summed E-state index contributed by atoms with van der Waals surface area (Å²) in [7, 11) is 1.62. The second-order valence-electron chi connectivity index (χ2n) is 4.25. The number of ether oxygens (including phenoxy) is 2. The van der Waals surface area contributed by atoms with Crippen molar-refractivity contribution >= 4 is 0 Å². The van der Waals surface area contributed by atoms with Crippen molar-refractivity contribution in [2.75, 3.05) is 26.8 Å². The average Bonchev–Trinajstić information content (AvgIpc) is 2.50. The Labute approximate surface area is 122 Å². The van der Waals surface area contributed by atoms with Crippen LogP contribution in [-0.4, -0.2) is 44.1 Å². The Kier molecular flexibility index (Phi) is 4.57. The molecule has 0 spiro atoms. The van der Waals surface area contributed by atoms with Gasteiger partial charge in [0.15, 0.2) is 0 Å². The van der Waals surface area contributed by atoms with Crippen LogP contribution in [0.15, 0.2) is 24.3 Å². The molecule has 0 amide bonds. The minimum absolute atomic E-state index is 0.238. The van der Waals surface area contributed by atoms with Crippen molar-refractivity contribution in [3.8, 4) is 5.75 Å². The van der Waals surface area contributed by atoms with Crippen LogP contribution in [0, 0.1) is 0 Å². The van der Waals surface area contributed by atoms with Crippen molar-refractivity contribution in [2.24, 2.45) is 0 Å². The van der Waals surface area contributed by atoms with Crippen LogP contribution in [0.2, 0.25) is 0 Å². The maximum absolute atomic E-state index is 9.96. The molecule has 0 radical (unpaired) electrons. The SMILES string of the molecule is [2H]C([2H])([2H])C(C)NCC(O)C([2H])([2H])Oc1ccc(CCOC)cc1. The first-order valence-electron chi connectivity index (χ1n) is 8.74. The topological polar surface area (TPSA) is 50.7 Å². The van der Waals surface area contributed by atoms with Gasteiger partial charge in [0.1, 0.15) is 18.4 Å². The molecular weight excluding hydrogens is 242 g/mol. The molecule has 0 aliphatic heterocycles. The van der Waals surface area contributed by atoms with Crippen molar-refractivity contribution in [2.45, 2.75) is 32.3 Å². The lowest BCUT2D eigenvalue weighted by molar-refractivity contribution is 0.104. The van der Waals surface area contributed by atoms with Crippen LogP contribution in [0.3, 0.4) is 0 Å². The smallest absolute Gasteiger partial charge is 0.119 e. The molecular formula is C15H25NO3. The largest absolute Gasteiger partial charge is 0.491 e. The fourth-order valence-electron chi connectivity index (χ4n) is 1.41. The van der Waals surface area contributed by atoms with Gasteiger partial charge >= 0.3 is 0 Å². The molecule has 0 saturated carbocycles. The molecule has 4 heteroatoms. The molecule has 2 unspecified atom stereocenters. The minimum Gasteiger partial charge on any atom is -0.491 e. The number of nitrogens with one attached hydrogen (secondary N) is 1. The molecule has 2 atom stereocenters. The first kappa shape index (κ1) is 9.75. The fourth-order valence-corrected chi connectivity index (χ4v) is 1.41. The van der Waals surface area contributed by atoms with E-state index < -0.39 is 25.6 Å². The van der Waals surface area contributed by atoms with E-state index in [1.54, 1.807) is 31.4 Å². The molecule has 108 valence electrons. The quantitative estimate of drug-likeness (QED) is 0.717. The Bertz CT molecular complexity index is 493. The molecule has 0 saturated heterocycles. The summed E-state index contributed by atoms with van der Waals surface area (Å²) < 4.78 is 47.6. The highest BCUT2D eigenvalue weighted by Crippen LogP contribution is 2.12. The van der Waals surface area contributed by atoms with Gasteiger partial charge in [-0.3, -0.25) is 0 Å². The molecule has 1 rings (SSSR count). The van der Waals surface area contributed by atoms with Gasteiger partial charge in [-0.15, -0.1) is 0 Å². The third kappa shape index (κ3) is 7.15. The van der Waals surface area contributed by atoms with E-state index in [1.165, 1.54) is 6.92 Å². The minimum atomic E-state index is -2.35. The summed E-state index contributed by atoms with van der Waals surface area (Å²) in [6, 6.07) is 5.97. The van der Waals surface area contributed by atoms with Crippen LogP contribution < -0.4 is 10.1 Å². The zero-order valence-electron chi connectivity index (χ0n) is 16.3. The third-order valence-electron chi connectivity index (χ3n) is 2.45. The number of methoxy groups -OCH3 is 1. The number of benzene rings is 1. The Hall–Kier alpha value is -1.10. The lowest BCUT2D eigenvalue weighted by Gasteiger charge is -2.15. The van der Waals surface area contributed by atoms with Crippen molar-refractivity contribution in [3.63, 3.8) is 0 Å². The number of rotatable bonds is 9. The first-order chi connectivity index (χ1) is 11.1. The molecule has 1 aromatic carbocycles. The van der Waals surface area contributed by atoms with E-state index in [1.807, 2.05) is 0 Å². The van der Waals surface area contributed by atoms with Crippen LogP contribution in [0.1, 0.15) is 26.2 Å². The lowest BCUT2D eigenvalue weighted by atomic mass is 10.1. The van der Waals surface area contributed by atoms with E-state index in [0.717, 1.165) is 12.0 Å². The Morgan fingerprint density at radius 1 is 1.42 bits per heavy atom. The van der Waals surface area contributed by atoms with E-state index in [4.69, 9.17) is 16.3 Å². The molecule has 19 heavy (non-hydrogen) atoms.